The maximum absolute atomic E-state index is 11.7. The first-order valence-corrected chi connectivity index (χ1v) is 6.45. The summed E-state index contributed by atoms with van der Waals surface area (Å²) in [6, 6.07) is 10.3. The van der Waals surface area contributed by atoms with Crippen LogP contribution in [-0.2, 0) is 17.6 Å². The van der Waals surface area contributed by atoms with Crippen LogP contribution in [0.5, 0.6) is 0 Å². The number of hydrogen-bond donors (Lipinski definition) is 1. The zero-order valence-electron chi connectivity index (χ0n) is 11.1. The van der Waals surface area contributed by atoms with Crippen molar-refractivity contribution in [2.24, 2.45) is 0 Å². The molecule has 0 saturated carbocycles. The van der Waals surface area contributed by atoms with Crippen molar-refractivity contribution in [1.29, 1.82) is 0 Å². The number of aryl methyl sites for hydroxylation is 2. The molecule has 4 nitrogen and oxygen atoms in total. The van der Waals surface area contributed by atoms with Gasteiger partial charge in [0.25, 0.3) is 0 Å². The summed E-state index contributed by atoms with van der Waals surface area (Å²) < 4.78 is 5.14. The first-order chi connectivity index (χ1) is 9.25. The quantitative estimate of drug-likeness (QED) is 0.809. The van der Waals surface area contributed by atoms with Gasteiger partial charge in [0.1, 0.15) is 5.76 Å². The van der Waals surface area contributed by atoms with Crippen molar-refractivity contribution in [3.63, 3.8) is 0 Å². The van der Waals surface area contributed by atoms with Gasteiger partial charge < -0.3 is 9.73 Å². The Balaban J connectivity index is 1.66. The minimum Gasteiger partial charge on any atom is -0.448 e. The lowest BCUT2D eigenvalue weighted by Gasteiger charge is -2.04. The molecule has 0 aliphatic heterocycles. The van der Waals surface area contributed by atoms with E-state index in [-0.39, 0.29) is 12.3 Å². The highest BCUT2D eigenvalue weighted by Gasteiger charge is 2.09. The minimum absolute atomic E-state index is 0.0205. The SMILES string of the molecule is Cc1ncoc1CC(=O)NCCCc1ccccc1. The smallest absolute Gasteiger partial charge is 0.227 e. The third-order valence-electron chi connectivity index (χ3n) is 2.97. The average Bonchev–Trinajstić information content (AvgIpc) is 2.82. The standard InChI is InChI=1S/C15H18N2O2/c1-12-14(19-11-17-12)10-15(18)16-9-5-8-13-6-3-2-4-7-13/h2-4,6-7,11H,5,8-10H2,1H3,(H,16,18). The Morgan fingerprint density at radius 1 is 1.32 bits per heavy atom. The first-order valence-electron chi connectivity index (χ1n) is 6.45. The van der Waals surface area contributed by atoms with E-state index < -0.39 is 0 Å². The normalized spacial score (nSPS) is 10.4. The Labute approximate surface area is 112 Å². The summed E-state index contributed by atoms with van der Waals surface area (Å²) in [5.74, 6) is 0.619. The number of carbonyl (C=O) groups is 1. The number of nitrogens with one attached hydrogen (secondary N) is 1. The lowest BCUT2D eigenvalue weighted by Crippen LogP contribution is -2.26. The number of hydrogen-bond acceptors (Lipinski definition) is 3. The molecule has 0 spiro atoms. The summed E-state index contributed by atoms with van der Waals surface area (Å²) in [6.45, 7) is 2.52. The molecular formula is C15H18N2O2. The Hall–Kier alpha value is -2.10. The van der Waals surface area contributed by atoms with E-state index in [1.807, 2.05) is 25.1 Å². The zero-order valence-corrected chi connectivity index (χ0v) is 11.1. The monoisotopic (exact) mass is 258 g/mol. The molecule has 2 rings (SSSR count). The molecule has 2 aromatic rings. The molecule has 0 radical (unpaired) electrons. The van der Waals surface area contributed by atoms with Crippen molar-refractivity contribution < 1.29 is 9.21 Å². The van der Waals surface area contributed by atoms with Crippen LogP contribution in [0.3, 0.4) is 0 Å². The Kier molecular flexibility index (Phi) is 4.72. The molecule has 1 heterocycles. The second kappa shape index (κ2) is 6.73. The number of oxazole rings is 1. The molecule has 1 N–H and O–H groups in total. The van der Waals surface area contributed by atoms with E-state index >= 15 is 0 Å². The number of aromatic nitrogens is 1. The summed E-state index contributed by atoms with van der Waals surface area (Å²) in [4.78, 5) is 15.6. The second-order valence-electron chi connectivity index (χ2n) is 4.48. The van der Waals surface area contributed by atoms with Crippen LogP contribution in [0.2, 0.25) is 0 Å². The third-order valence-corrected chi connectivity index (χ3v) is 2.97. The first kappa shape index (κ1) is 13.3. The summed E-state index contributed by atoms with van der Waals surface area (Å²) in [5.41, 5.74) is 2.07. The third kappa shape index (κ3) is 4.25. The number of carbonyl (C=O) groups excluding carboxylic acids is 1. The van der Waals surface area contributed by atoms with Gasteiger partial charge in [0.15, 0.2) is 6.39 Å². The molecule has 0 unspecified atom stereocenters. The summed E-state index contributed by atoms with van der Waals surface area (Å²) >= 11 is 0. The molecule has 0 bridgehead atoms. The second-order valence-corrected chi connectivity index (χ2v) is 4.48. The lowest BCUT2D eigenvalue weighted by atomic mass is 10.1. The van der Waals surface area contributed by atoms with E-state index in [9.17, 15) is 4.79 Å². The number of nitrogens with zero attached hydrogens (tertiary/aromatic N) is 1. The van der Waals surface area contributed by atoms with Crippen LogP contribution < -0.4 is 5.32 Å². The molecule has 0 aliphatic rings. The van der Waals surface area contributed by atoms with Gasteiger partial charge in [-0.2, -0.15) is 0 Å². The van der Waals surface area contributed by atoms with Crippen LogP contribution >= 0.6 is 0 Å². The van der Waals surface area contributed by atoms with Gasteiger partial charge in [-0.25, -0.2) is 4.98 Å². The van der Waals surface area contributed by atoms with Crippen molar-refractivity contribution >= 4 is 5.91 Å². The Morgan fingerprint density at radius 3 is 2.79 bits per heavy atom. The molecule has 0 aliphatic carbocycles. The van der Waals surface area contributed by atoms with Crippen molar-refractivity contribution in [2.75, 3.05) is 6.54 Å². The highest BCUT2D eigenvalue weighted by atomic mass is 16.3. The largest absolute Gasteiger partial charge is 0.448 e. The maximum atomic E-state index is 11.7. The van der Waals surface area contributed by atoms with Crippen LogP contribution in [0.4, 0.5) is 0 Å². The van der Waals surface area contributed by atoms with E-state index in [2.05, 4.69) is 22.4 Å². The highest BCUT2D eigenvalue weighted by Crippen LogP contribution is 2.05. The Bertz CT molecular complexity index is 520. The van der Waals surface area contributed by atoms with Crippen LogP contribution in [0.25, 0.3) is 0 Å². The van der Waals surface area contributed by atoms with Gasteiger partial charge in [-0.1, -0.05) is 30.3 Å². The van der Waals surface area contributed by atoms with Gasteiger partial charge in [0.2, 0.25) is 5.91 Å². The summed E-state index contributed by atoms with van der Waals surface area (Å²) in [6.07, 6.45) is 3.54. The van der Waals surface area contributed by atoms with E-state index in [4.69, 9.17) is 4.42 Å². The number of amides is 1. The fraction of sp³-hybridized carbons (Fsp3) is 0.333. The van der Waals surface area contributed by atoms with Gasteiger partial charge >= 0.3 is 0 Å². The summed E-state index contributed by atoms with van der Waals surface area (Å²) in [7, 11) is 0. The van der Waals surface area contributed by atoms with Gasteiger partial charge in [-0.3, -0.25) is 4.79 Å². The molecule has 1 aromatic heterocycles. The predicted octanol–water partition coefficient (Wildman–Crippen LogP) is 2.27. The van der Waals surface area contributed by atoms with Crippen LogP contribution in [0.1, 0.15) is 23.4 Å². The van der Waals surface area contributed by atoms with Gasteiger partial charge in [-0.15, -0.1) is 0 Å². The molecule has 4 heteroatoms. The fourth-order valence-corrected chi connectivity index (χ4v) is 1.87. The topological polar surface area (TPSA) is 55.1 Å². The molecule has 100 valence electrons. The zero-order chi connectivity index (χ0) is 13.5. The van der Waals surface area contributed by atoms with Crippen LogP contribution in [-0.4, -0.2) is 17.4 Å². The molecule has 19 heavy (non-hydrogen) atoms. The molecule has 0 atom stereocenters. The van der Waals surface area contributed by atoms with Gasteiger partial charge in [-0.05, 0) is 25.3 Å². The Morgan fingerprint density at radius 2 is 2.11 bits per heavy atom. The van der Waals surface area contributed by atoms with E-state index in [0.717, 1.165) is 18.5 Å². The van der Waals surface area contributed by atoms with Crippen LogP contribution in [0.15, 0.2) is 41.1 Å². The predicted molar refractivity (Wildman–Crippen MR) is 72.7 cm³/mol. The lowest BCUT2D eigenvalue weighted by molar-refractivity contribution is -0.120. The van der Waals surface area contributed by atoms with Crippen molar-refractivity contribution in [1.82, 2.24) is 10.3 Å². The molecule has 0 saturated heterocycles. The molecule has 0 fully saturated rings. The van der Waals surface area contributed by atoms with Gasteiger partial charge in [0.05, 0.1) is 12.1 Å². The highest BCUT2D eigenvalue weighted by molar-refractivity contribution is 5.78. The molecule has 1 aromatic carbocycles. The minimum atomic E-state index is -0.0205. The summed E-state index contributed by atoms with van der Waals surface area (Å²) in [5, 5.41) is 2.89. The van der Waals surface area contributed by atoms with Crippen LogP contribution in [0, 0.1) is 6.92 Å². The van der Waals surface area contributed by atoms with Gasteiger partial charge in [0, 0.05) is 6.54 Å². The maximum Gasteiger partial charge on any atom is 0.227 e. The fourth-order valence-electron chi connectivity index (χ4n) is 1.87. The molecule has 1 amide bonds. The van der Waals surface area contributed by atoms with E-state index in [1.54, 1.807) is 0 Å². The number of rotatable bonds is 6. The van der Waals surface area contributed by atoms with Crippen molar-refractivity contribution in [3.8, 4) is 0 Å². The number of benzene rings is 1. The van der Waals surface area contributed by atoms with Crippen molar-refractivity contribution in [2.45, 2.75) is 26.2 Å². The van der Waals surface area contributed by atoms with E-state index in [1.165, 1.54) is 12.0 Å². The van der Waals surface area contributed by atoms with E-state index in [0.29, 0.717) is 12.3 Å². The van der Waals surface area contributed by atoms with Crippen molar-refractivity contribution in [3.05, 3.63) is 53.7 Å². The molecular weight excluding hydrogens is 240 g/mol. The average molecular weight is 258 g/mol.